The minimum absolute atomic E-state index is 0.518. The van der Waals surface area contributed by atoms with Gasteiger partial charge >= 0.3 is 0 Å². The van der Waals surface area contributed by atoms with Crippen molar-refractivity contribution in [2.75, 3.05) is 45.8 Å². The summed E-state index contributed by atoms with van der Waals surface area (Å²) >= 11 is 0. The molecule has 0 unspecified atom stereocenters. The maximum absolute atomic E-state index is 3.67. The number of hydrogen-bond acceptors (Lipinski definition) is 3. The molecule has 1 saturated heterocycles. The molecular formula is C22H37N3. The molecule has 1 aliphatic carbocycles. The normalized spacial score (nSPS) is 29.0. The standard InChI is InChI=1S/C22H37N3/c1-3-23-18-22(11-9-20(2)10-12-22)19-25-15-13-24(14-16-25)17-21-7-5-4-6-8-21/h4-8,20,23H,3,9-19H2,1-2H3. The summed E-state index contributed by atoms with van der Waals surface area (Å²) in [5.74, 6) is 0.928. The number of piperazine rings is 1. The molecular weight excluding hydrogens is 306 g/mol. The lowest BCUT2D eigenvalue weighted by Crippen LogP contribution is -2.52. The Hall–Kier alpha value is -0.900. The van der Waals surface area contributed by atoms with Crippen LogP contribution in [0.2, 0.25) is 0 Å². The van der Waals surface area contributed by atoms with Gasteiger partial charge in [0, 0.05) is 45.8 Å². The zero-order valence-electron chi connectivity index (χ0n) is 16.3. The molecule has 0 aromatic heterocycles. The third-order valence-electron chi connectivity index (χ3n) is 6.36. The lowest BCUT2D eigenvalue weighted by molar-refractivity contribution is 0.0516. The molecule has 3 rings (SSSR count). The first kappa shape index (κ1) is 18.9. The van der Waals surface area contributed by atoms with Gasteiger partial charge in [0.2, 0.25) is 0 Å². The second kappa shape index (κ2) is 9.16. The van der Waals surface area contributed by atoms with E-state index in [-0.39, 0.29) is 0 Å². The number of nitrogens with zero attached hydrogens (tertiary/aromatic N) is 2. The van der Waals surface area contributed by atoms with E-state index in [1.54, 1.807) is 0 Å². The SMILES string of the molecule is CCNCC1(CN2CCN(Cc3ccccc3)CC2)CCC(C)CC1. The molecule has 1 aromatic rings. The van der Waals surface area contributed by atoms with Gasteiger partial charge in [-0.15, -0.1) is 0 Å². The summed E-state index contributed by atoms with van der Waals surface area (Å²) in [7, 11) is 0. The summed E-state index contributed by atoms with van der Waals surface area (Å²) in [6, 6.07) is 10.9. The van der Waals surface area contributed by atoms with Crippen molar-refractivity contribution in [3.63, 3.8) is 0 Å². The van der Waals surface area contributed by atoms with E-state index in [0.717, 1.165) is 19.0 Å². The van der Waals surface area contributed by atoms with E-state index >= 15 is 0 Å². The fourth-order valence-corrected chi connectivity index (χ4v) is 4.58. The van der Waals surface area contributed by atoms with E-state index in [2.05, 4.69) is 59.3 Å². The molecule has 25 heavy (non-hydrogen) atoms. The smallest absolute Gasteiger partial charge is 0.0234 e. The second-order valence-electron chi connectivity index (χ2n) is 8.50. The van der Waals surface area contributed by atoms with Crippen molar-refractivity contribution in [3.05, 3.63) is 35.9 Å². The lowest BCUT2D eigenvalue weighted by atomic mass is 9.70. The van der Waals surface area contributed by atoms with Crippen LogP contribution in [0.1, 0.15) is 45.1 Å². The first-order valence-corrected chi connectivity index (χ1v) is 10.4. The first-order chi connectivity index (χ1) is 12.2. The van der Waals surface area contributed by atoms with Crippen molar-refractivity contribution < 1.29 is 0 Å². The van der Waals surface area contributed by atoms with Gasteiger partial charge in [-0.05, 0) is 36.3 Å². The Morgan fingerprint density at radius 1 is 1.00 bits per heavy atom. The maximum Gasteiger partial charge on any atom is 0.0234 e. The summed E-state index contributed by atoms with van der Waals surface area (Å²) in [5, 5.41) is 3.67. The van der Waals surface area contributed by atoms with Gasteiger partial charge in [0.25, 0.3) is 0 Å². The van der Waals surface area contributed by atoms with E-state index in [4.69, 9.17) is 0 Å². The molecule has 0 amide bonds. The molecule has 2 fully saturated rings. The van der Waals surface area contributed by atoms with Gasteiger partial charge in [-0.1, -0.05) is 57.0 Å². The van der Waals surface area contributed by atoms with Crippen LogP contribution in [0.5, 0.6) is 0 Å². The van der Waals surface area contributed by atoms with E-state index in [0.29, 0.717) is 5.41 Å². The predicted octanol–water partition coefficient (Wildman–Crippen LogP) is 3.61. The van der Waals surface area contributed by atoms with Crippen LogP contribution in [0.15, 0.2) is 30.3 Å². The quantitative estimate of drug-likeness (QED) is 0.816. The molecule has 3 nitrogen and oxygen atoms in total. The molecule has 0 radical (unpaired) electrons. The maximum atomic E-state index is 3.67. The summed E-state index contributed by atoms with van der Waals surface area (Å²) < 4.78 is 0. The molecule has 2 aliphatic rings. The molecule has 1 N–H and O–H groups in total. The van der Waals surface area contributed by atoms with Crippen LogP contribution >= 0.6 is 0 Å². The minimum atomic E-state index is 0.518. The van der Waals surface area contributed by atoms with Gasteiger partial charge in [0.15, 0.2) is 0 Å². The molecule has 1 saturated carbocycles. The second-order valence-corrected chi connectivity index (χ2v) is 8.50. The van der Waals surface area contributed by atoms with Gasteiger partial charge in [-0.25, -0.2) is 0 Å². The highest BCUT2D eigenvalue weighted by Crippen LogP contribution is 2.39. The van der Waals surface area contributed by atoms with Crippen LogP contribution < -0.4 is 5.32 Å². The highest BCUT2D eigenvalue weighted by molar-refractivity contribution is 5.14. The number of benzene rings is 1. The molecule has 140 valence electrons. The van der Waals surface area contributed by atoms with E-state index < -0.39 is 0 Å². The van der Waals surface area contributed by atoms with Crippen LogP contribution in [-0.2, 0) is 6.54 Å². The van der Waals surface area contributed by atoms with Gasteiger partial charge < -0.3 is 10.2 Å². The summed E-state index contributed by atoms with van der Waals surface area (Å²) in [6.45, 7) is 14.3. The van der Waals surface area contributed by atoms with Gasteiger partial charge in [-0.3, -0.25) is 4.90 Å². The Kier molecular flexibility index (Phi) is 6.92. The third-order valence-corrected chi connectivity index (χ3v) is 6.36. The topological polar surface area (TPSA) is 18.5 Å². The summed E-state index contributed by atoms with van der Waals surface area (Å²) in [6.07, 6.45) is 5.65. The predicted molar refractivity (Wildman–Crippen MR) is 107 cm³/mol. The summed E-state index contributed by atoms with van der Waals surface area (Å²) in [4.78, 5) is 5.36. The van der Waals surface area contributed by atoms with Crippen molar-refractivity contribution in [2.45, 2.75) is 46.1 Å². The third kappa shape index (κ3) is 5.54. The molecule has 1 aliphatic heterocycles. The van der Waals surface area contributed by atoms with Crippen LogP contribution in [0.3, 0.4) is 0 Å². The Bertz CT molecular complexity index is 480. The zero-order chi connectivity index (χ0) is 17.5. The highest BCUT2D eigenvalue weighted by Gasteiger charge is 2.36. The first-order valence-electron chi connectivity index (χ1n) is 10.4. The Balaban J connectivity index is 1.49. The minimum Gasteiger partial charge on any atom is -0.316 e. The Morgan fingerprint density at radius 2 is 1.64 bits per heavy atom. The van der Waals surface area contributed by atoms with Crippen LogP contribution in [0.4, 0.5) is 0 Å². The van der Waals surface area contributed by atoms with E-state index in [9.17, 15) is 0 Å². The van der Waals surface area contributed by atoms with Crippen molar-refractivity contribution in [1.29, 1.82) is 0 Å². The zero-order valence-corrected chi connectivity index (χ0v) is 16.3. The van der Waals surface area contributed by atoms with E-state index in [1.165, 1.54) is 70.5 Å². The molecule has 0 bridgehead atoms. The van der Waals surface area contributed by atoms with Crippen molar-refractivity contribution in [3.8, 4) is 0 Å². The van der Waals surface area contributed by atoms with Crippen molar-refractivity contribution >= 4 is 0 Å². The molecule has 0 spiro atoms. The van der Waals surface area contributed by atoms with Gasteiger partial charge in [-0.2, -0.15) is 0 Å². The van der Waals surface area contributed by atoms with Crippen LogP contribution in [-0.4, -0.2) is 55.6 Å². The van der Waals surface area contributed by atoms with Gasteiger partial charge in [0.05, 0.1) is 0 Å². The molecule has 0 atom stereocenters. The molecule has 1 aromatic carbocycles. The lowest BCUT2D eigenvalue weighted by Gasteiger charge is -2.45. The van der Waals surface area contributed by atoms with Crippen LogP contribution in [0, 0.1) is 11.3 Å². The monoisotopic (exact) mass is 343 g/mol. The average molecular weight is 344 g/mol. The Labute approximate surface area is 154 Å². The summed E-state index contributed by atoms with van der Waals surface area (Å²) in [5.41, 5.74) is 1.96. The van der Waals surface area contributed by atoms with Crippen molar-refractivity contribution in [2.24, 2.45) is 11.3 Å². The van der Waals surface area contributed by atoms with Crippen molar-refractivity contribution in [1.82, 2.24) is 15.1 Å². The van der Waals surface area contributed by atoms with Crippen LogP contribution in [0.25, 0.3) is 0 Å². The van der Waals surface area contributed by atoms with E-state index in [1.807, 2.05) is 0 Å². The molecule has 3 heteroatoms. The van der Waals surface area contributed by atoms with Gasteiger partial charge in [0.1, 0.15) is 0 Å². The Morgan fingerprint density at radius 3 is 2.28 bits per heavy atom. The fourth-order valence-electron chi connectivity index (χ4n) is 4.58. The average Bonchev–Trinajstić information content (AvgIpc) is 2.65. The highest BCUT2D eigenvalue weighted by atomic mass is 15.3. The number of rotatable bonds is 7. The largest absolute Gasteiger partial charge is 0.316 e. The molecule has 1 heterocycles. The fraction of sp³-hybridized carbons (Fsp3) is 0.727. The number of hydrogen-bond donors (Lipinski definition) is 1. The number of nitrogens with one attached hydrogen (secondary N) is 1.